The molecule has 3 heterocycles. The van der Waals surface area contributed by atoms with Gasteiger partial charge in [0.05, 0.1) is 24.2 Å². The van der Waals surface area contributed by atoms with Gasteiger partial charge in [0.15, 0.2) is 0 Å². The molecule has 7 heteroatoms. The Kier molecular flexibility index (Phi) is 4.05. The number of aliphatic hydroxyl groups is 2. The Hall–Kier alpha value is -1.86. The molecule has 28 heavy (non-hydrogen) atoms. The molecular weight excluding hydrogens is 364 g/mol. The van der Waals surface area contributed by atoms with Gasteiger partial charge in [-0.1, -0.05) is 6.92 Å². The summed E-state index contributed by atoms with van der Waals surface area (Å²) in [4.78, 5) is 24.8. The van der Waals surface area contributed by atoms with Gasteiger partial charge in [-0.05, 0) is 34.1 Å². The Morgan fingerprint density at radius 3 is 2.43 bits per heavy atom. The third-order valence-electron chi connectivity index (χ3n) is 7.24. The summed E-state index contributed by atoms with van der Waals surface area (Å²) >= 11 is 0. The minimum absolute atomic E-state index is 0.162. The maximum Gasteiger partial charge on any atom is 0.342 e. The molecule has 0 radical (unpaired) electrons. The van der Waals surface area contributed by atoms with Crippen LogP contribution in [0, 0.1) is 24.2 Å². The fourth-order valence-electron chi connectivity index (χ4n) is 6.28. The quantitative estimate of drug-likeness (QED) is 0.648. The lowest BCUT2D eigenvalue weighted by Gasteiger charge is -2.61. The molecule has 3 aliphatic rings. The molecule has 0 aromatic carbocycles. The van der Waals surface area contributed by atoms with Gasteiger partial charge in [0, 0.05) is 29.7 Å². The topological polar surface area (TPSA) is 106 Å². The van der Waals surface area contributed by atoms with Gasteiger partial charge < -0.3 is 24.1 Å². The van der Waals surface area contributed by atoms with E-state index >= 15 is 0 Å². The van der Waals surface area contributed by atoms with Gasteiger partial charge in [0.25, 0.3) is 0 Å². The van der Waals surface area contributed by atoms with Crippen molar-refractivity contribution in [1.82, 2.24) is 0 Å². The van der Waals surface area contributed by atoms with Crippen molar-refractivity contribution in [3.63, 3.8) is 0 Å². The molecule has 2 aliphatic heterocycles. The van der Waals surface area contributed by atoms with E-state index in [1.54, 1.807) is 26.8 Å². The highest BCUT2D eigenvalue weighted by atomic mass is 16.6. The first-order valence-corrected chi connectivity index (χ1v) is 9.79. The smallest absolute Gasteiger partial charge is 0.342 e. The molecule has 1 aromatic rings. The van der Waals surface area contributed by atoms with Crippen molar-refractivity contribution in [3.8, 4) is 5.75 Å². The molecular formula is C21H28O7. The molecule has 1 aliphatic carbocycles. The Labute approximate surface area is 163 Å². The number of hydrogen-bond donors (Lipinski definition) is 2. The highest BCUT2D eigenvalue weighted by Crippen LogP contribution is 2.61. The summed E-state index contributed by atoms with van der Waals surface area (Å²) in [5.74, 6) is -0.385. The number of carbonyl (C=O) groups is 1. The van der Waals surface area contributed by atoms with E-state index in [-0.39, 0.29) is 12.3 Å². The second kappa shape index (κ2) is 5.83. The van der Waals surface area contributed by atoms with E-state index in [1.165, 1.54) is 0 Å². The van der Waals surface area contributed by atoms with Crippen LogP contribution >= 0.6 is 0 Å². The van der Waals surface area contributed by atoms with Gasteiger partial charge >= 0.3 is 11.6 Å². The maximum absolute atomic E-state index is 12.5. The fourth-order valence-corrected chi connectivity index (χ4v) is 6.28. The van der Waals surface area contributed by atoms with Crippen LogP contribution < -0.4 is 10.4 Å². The lowest BCUT2D eigenvalue weighted by Crippen LogP contribution is -2.68. The van der Waals surface area contributed by atoms with Crippen LogP contribution in [0.5, 0.6) is 5.75 Å². The predicted octanol–water partition coefficient (Wildman–Crippen LogP) is 1.73. The molecule has 2 fully saturated rings. The van der Waals surface area contributed by atoms with E-state index in [0.29, 0.717) is 29.9 Å². The number of hydrogen-bond acceptors (Lipinski definition) is 7. The van der Waals surface area contributed by atoms with Crippen LogP contribution in [0.3, 0.4) is 0 Å². The summed E-state index contributed by atoms with van der Waals surface area (Å²) in [7, 11) is 0. The number of aliphatic hydroxyl groups excluding tert-OH is 2. The standard InChI is InChI=1S/C21H28O7/c1-10-6-13-11(18(25)26-10)7-14-20(4,27-13)9-12(22)17-19(2,3)28-16(24)8-15(23)21(14,17)5/h6,12,14-15,17,22-23H,7-9H2,1-5H3. The number of ether oxygens (including phenoxy) is 2. The molecule has 7 nitrogen and oxygen atoms in total. The Morgan fingerprint density at radius 1 is 1.07 bits per heavy atom. The molecule has 4 rings (SSSR count). The van der Waals surface area contributed by atoms with Crippen molar-refractivity contribution in [2.45, 2.75) is 77.3 Å². The summed E-state index contributed by atoms with van der Waals surface area (Å²) < 4.78 is 17.2. The first kappa shape index (κ1) is 19.5. The van der Waals surface area contributed by atoms with Crippen molar-refractivity contribution in [3.05, 3.63) is 27.8 Å². The molecule has 1 saturated carbocycles. The summed E-state index contributed by atoms with van der Waals surface area (Å²) in [5, 5.41) is 22.2. The lowest BCUT2D eigenvalue weighted by atomic mass is 9.48. The summed E-state index contributed by atoms with van der Waals surface area (Å²) in [6, 6.07) is 1.69. The Balaban J connectivity index is 1.90. The molecule has 0 amide bonds. The van der Waals surface area contributed by atoms with E-state index in [9.17, 15) is 19.8 Å². The lowest BCUT2D eigenvalue weighted by molar-refractivity contribution is -0.230. The zero-order valence-corrected chi connectivity index (χ0v) is 16.9. The van der Waals surface area contributed by atoms with Crippen LogP contribution in [-0.4, -0.2) is 39.6 Å². The zero-order chi connectivity index (χ0) is 20.6. The number of carbonyl (C=O) groups excluding carboxylic acids is 1. The van der Waals surface area contributed by atoms with Crippen LogP contribution in [0.25, 0.3) is 0 Å². The zero-order valence-electron chi connectivity index (χ0n) is 16.9. The minimum atomic E-state index is -1.03. The molecule has 1 aromatic heterocycles. The largest absolute Gasteiger partial charge is 0.486 e. The molecule has 6 unspecified atom stereocenters. The van der Waals surface area contributed by atoms with Crippen molar-refractivity contribution >= 4 is 5.97 Å². The second-order valence-electron chi connectivity index (χ2n) is 9.57. The minimum Gasteiger partial charge on any atom is -0.486 e. The Morgan fingerprint density at radius 2 is 1.75 bits per heavy atom. The number of fused-ring (bicyclic) bond motifs is 4. The molecule has 0 spiro atoms. The van der Waals surface area contributed by atoms with E-state index in [2.05, 4.69) is 0 Å². The monoisotopic (exact) mass is 392 g/mol. The van der Waals surface area contributed by atoms with Crippen LogP contribution in [0.1, 0.15) is 51.9 Å². The SMILES string of the molecule is Cc1cc2c(c(=O)o1)CC1C(C)(CC(O)C3C(C)(C)OC(=O)CC(O)C31C)O2. The third kappa shape index (κ3) is 2.55. The molecule has 154 valence electrons. The van der Waals surface area contributed by atoms with Crippen molar-refractivity contribution in [2.75, 3.05) is 0 Å². The van der Waals surface area contributed by atoms with E-state index in [0.717, 1.165) is 0 Å². The van der Waals surface area contributed by atoms with Crippen molar-refractivity contribution in [2.24, 2.45) is 17.3 Å². The van der Waals surface area contributed by atoms with Crippen LogP contribution in [-0.2, 0) is 16.0 Å². The fraction of sp³-hybridized carbons (Fsp3) is 0.714. The van der Waals surface area contributed by atoms with Gasteiger partial charge in [0.2, 0.25) is 0 Å². The van der Waals surface area contributed by atoms with Crippen LogP contribution in [0.15, 0.2) is 15.3 Å². The first-order valence-electron chi connectivity index (χ1n) is 9.79. The summed E-state index contributed by atoms with van der Waals surface area (Å²) in [6.45, 7) is 9.01. The number of cyclic esters (lactones) is 1. The highest BCUT2D eigenvalue weighted by molar-refractivity contribution is 5.71. The van der Waals surface area contributed by atoms with E-state index in [1.807, 2.05) is 13.8 Å². The maximum atomic E-state index is 12.5. The second-order valence-corrected chi connectivity index (χ2v) is 9.57. The average Bonchev–Trinajstić information content (AvgIpc) is 2.57. The summed E-state index contributed by atoms with van der Waals surface area (Å²) in [6.07, 6.45) is -1.39. The number of aryl methyl sites for hydroxylation is 1. The molecule has 0 bridgehead atoms. The van der Waals surface area contributed by atoms with Crippen LogP contribution in [0.4, 0.5) is 0 Å². The van der Waals surface area contributed by atoms with Gasteiger partial charge in [-0.2, -0.15) is 0 Å². The molecule has 6 atom stereocenters. The Bertz CT molecular complexity index is 887. The number of rotatable bonds is 0. The van der Waals surface area contributed by atoms with Gasteiger partial charge in [-0.3, -0.25) is 4.79 Å². The van der Waals surface area contributed by atoms with Gasteiger partial charge in [0.1, 0.15) is 22.7 Å². The van der Waals surface area contributed by atoms with Crippen LogP contribution in [0.2, 0.25) is 0 Å². The average molecular weight is 392 g/mol. The van der Waals surface area contributed by atoms with Crippen molar-refractivity contribution in [1.29, 1.82) is 0 Å². The van der Waals surface area contributed by atoms with Crippen molar-refractivity contribution < 1.29 is 28.9 Å². The molecule has 2 N–H and O–H groups in total. The van der Waals surface area contributed by atoms with E-state index in [4.69, 9.17) is 13.9 Å². The number of esters is 1. The third-order valence-corrected chi connectivity index (χ3v) is 7.24. The van der Waals surface area contributed by atoms with E-state index < -0.39 is 46.3 Å². The normalized spacial score (nSPS) is 41.6. The highest BCUT2D eigenvalue weighted by Gasteiger charge is 2.67. The van der Waals surface area contributed by atoms with Gasteiger partial charge in [-0.25, -0.2) is 4.79 Å². The summed E-state index contributed by atoms with van der Waals surface area (Å²) in [5.41, 5.74) is -2.69. The van der Waals surface area contributed by atoms with Gasteiger partial charge in [-0.15, -0.1) is 0 Å². The first-order chi connectivity index (χ1) is 12.9. The molecule has 1 saturated heterocycles. The predicted molar refractivity (Wildman–Crippen MR) is 99.0 cm³/mol.